The van der Waals surface area contributed by atoms with Crippen LogP contribution in [-0.2, 0) is 18.7 Å². The number of amides is 1. The number of likely N-dealkylation sites (tertiary alicyclic amines) is 1. The van der Waals surface area contributed by atoms with E-state index < -0.39 is 13.9 Å². The van der Waals surface area contributed by atoms with Gasteiger partial charge < -0.3 is 23.5 Å². The Balaban J connectivity index is 1.49. The molecule has 1 saturated carbocycles. The van der Waals surface area contributed by atoms with Crippen molar-refractivity contribution in [3.05, 3.63) is 88.0 Å². The van der Waals surface area contributed by atoms with Gasteiger partial charge in [-0.05, 0) is 101 Å². The third-order valence-electron chi connectivity index (χ3n) is 9.83. The molecule has 5 rings (SSSR count). The smallest absolute Gasteiger partial charge is 0.410 e. The highest BCUT2D eigenvalue weighted by atomic mass is 127. The fraction of sp³-hybridized carbons (Fsp3) is 0.500. The van der Waals surface area contributed by atoms with E-state index in [1.165, 1.54) is 17.5 Å². The van der Waals surface area contributed by atoms with Crippen LogP contribution in [0.3, 0.4) is 0 Å². The van der Waals surface area contributed by atoms with Crippen LogP contribution >= 0.6 is 22.6 Å². The van der Waals surface area contributed by atoms with Crippen molar-refractivity contribution in [2.75, 3.05) is 26.8 Å². The molecule has 1 aliphatic carbocycles. The molecule has 3 aromatic rings. The first kappa shape index (κ1) is 37.4. The zero-order valence-corrected chi connectivity index (χ0v) is 33.4. The van der Waals surface area contributed by atoms with Crippen LogP contribution in [0.4, 0.5) is 4.79 Å². The summed E-state index contributed by atoms with van der Waals surface area (Å²) in [5, 5.41) is 2.22. The molecule has 1 aliphatic heterocycles. The number of carbonyl (C=O) groups excluding carboxylic acids is 2. The van der Waals surface area contributed by atoms with Gasteiger partial charge in [0.1, 0.15) is 17.5 Å². The molecule has 264 valence electrons. The van der Waals surface area contributed by atoms with E-state index in [1.807, 2.05) is 39.8 Å². The minimum Gasteiger partial charge on any atom is -0.487 e. The van der Waals surface area contributed by atoms with Crippen molar-refractivity contribution in [2.45, 2.75) is 84.0 Å². The second-order valence-electron chi connectivity index (χ2n) is 15.6. The maximum Gasteiger partial charge on any atom is 0.410 e. The Morgan fingerprint density at radius 2 is 1.45 bits per heavy atom. The standard InChI is InChI=1S/C40H52INO6Si/c1-27(37(43)45-8)36(28-19-20-28)29-21-22-33(41)34(23-29)47-35(30-24-42(25-30)38(44)48-39(2,3)4)26-46-49(40(5,6)7,31-15-11-9-12-16-31)32-17-13-10-14-18-32/h9-18,21-23,27-28,30,35-36H,19-20,24-26H2,1-8H3/t27-,35-,36-/m0/s1. The SMILES string of the molecule is COC(=O)[C@@H](C)[C@H](c1ccc(I)c(O[C@@H](CO[Si](c2ccccc2)(c2ccccc2)C(C)(C)C)C2CN(C(=O)OC(C)(C)C)C2)c1)C1CC1. The number of benzene rings is 3. The van der Waals surface area contributed by atoms with Gasteiger partial charge in [0.05, 0.1) is 23.2 Å². The summed E-state index contributed by atoms with van der Waals surface area (Å²) >= 11 is 2.33. The maximum absolute atomic E-state index is 13.0. The van der Waals surface area contributed by atoms with E-state index in [4.69, 9.17) is 18.6 Å². The van der Waals surface area contributed by atoms with Gasteiger partial charge in [-0.2, -0.15) is 0 Å². The maximum atomic E-state index is 13.0. The number of carbonyl (C=O) groups is 2. The summed E-state index contributed by atoms with van der Waals surface area (Å²) < 4.78 is 26.2. The van der Waals surface area contributed by atoms with E-state index in [1.54, 1.807) is 4.90 Å². The zero-order valence-electron chi connectivity index (χ0n) is 30.2. The van der Waals surface area contributed by atoms with Crippen molar-refractivity contribution >= 4 is 53.3 Å². The topological polar surface area (TPSA) is 74.3 Å². The second kappa shape index (κ2) is 15.1. The first-order valence-electron chi connectivity index (χ1n) is 17.4. The summed E-state index contributed by atoms with van der Waals surface area (Å²) in [5.41, 5.74) is 0.520. The van der Waals surface area contributed by atoms with E-state index in [2.05, 4.69) is 110 Å². The van der Waals surface area contributed by atoms with Crippen LogP contribution in [0.2, 0.25) is 5.04 Å². The van der Waals surface area contributed by atoms with Gasteiger partial charge in [0.15, 0.2) is 0 Å². The lowest BCUT2D eigenvalue weighted by Gasteiger charge is -2.46. The minimum absolute atomic E-state index is 0.0402. The van der Waals surface area contributed by atoms with Crippen LogP contribution in [0.1, 0.15) is 72.8 Å². The molecule has 0 spiro atoms. The number of hydrogen-bond acceptors (Lipinski definition) is 6. The van der Waals surface area contributed by atoms with Crippen molar-refractivity contribution in [1.29, 1.82) is 0 Å². The highest BCUT2D eigenvalue weighted by Crippen LogP contribution is 2.48. The summed E-state index contributed by atoms with van der Waals surface area (Å²) in [6.07, 6.45) is 1.56. The highest BCUT2D eigenvalue weighted by molar-refractivity contribution is 14.1. The van der Waals surface area contributed by atoms with Gasteiger partial charge in [-0.15, -0.1) is 0 Å². The first-order chi connectivity index (χ1) is 23.1. The number of hydrogen-bond donors (Lipinski definition) is 0. The van der Waals surface area contributed by atoms with Gasteiger partial charge >= 0.3 is 12.1 Å². The monoisotopic (exact) mass is 797 g/mol. The lowest BCUT2D eigenvalue weighted by molar-refractivity contribution is -0.145. The molecule has 1 heterocycles. The normalized spacial score (nSPS) is 17.4. The Kier molecular flexibility index (Phi) is 11.6. The Labute approximate surface area is 307 Å². The largest absolute Gasteiger partial charge is 0.487 e. The summed E-state index contributed by atoms with van der Waals surface area (Å²) in [6.45, 7) is 15.8. The molecular weight excluding hydrogens is 745 g/mol. The minimum atomic E-state index is -2.85. The number of ether oxygens (including phenoxy) is 3. The summed E-state index contributed by atoms with van der Waals surface area (Å²) in [6, 6.07) is 27.6. The van der Waals surface area contributed by atoms with Crippen molar-refractivity contribution < 1.29 is 28.2 Å². The molecular formula is C40H52INO6Si. The third-order valence-corrected chi connectivity index (χ3v) is 15.7. The van der Waals surface area contributed by atoms with Gasteiger partial charge in [-0.1, -0.05) is 94.4 Å². The molecule has 49 heavy (non-hydrogen) atoms. The highest BCUT2D eigenvalue weighted by Gasteiger charge is 2.51. The molecule has 2 aliphatic rings. The average Bonchev–Trinajstić information content (AvgIpc) is 3.86. The fourth-order valence-electron chi connectivity index (χ4n) is 7.20. The van der Waals surface area contributed by atoms with E-state index in [0.717, 1.165) is 27.7 Å². The van der Waals surface area contributed by atoms with Crippen molar-refractivity contribution in [2.24, 2.45) is 17.8 Å². The van der Waals surface area contributed by atoms with Crippen LogP contribution in [-0.4, -0.2) is 63.8 Å². The predicted octanol–water partition coefficient (Wildman–Crippen LogP) is 7.78. The Bertz CT molecular complexity index is 1540. The van der Waals surface area contributed by atoms with Gasteiger partial charge in [-0.25, -0.2) is 4.79 Å². The number of methoxy groups -OCH3 is 1. The van der Waals surface area contributed by atoms with Crippen LogP contribution in [0.5, 0.6) is 5.75 Å². The molecule has 9 heteroatoms. The molecule has 1 saturated heterocycles. The van der Waals surface area contributed by atoms with Crippen molar-refractivity contribution in [3.8, 4) is 5.75 Å². The van der Waals surface area contributed by atoms with Crippen LogP contribution in [0, 0.1) is 21.3 Å². The zero-order chi connectivity index (χ0) is 35.6. The second-order valence-corrected chi connectivity index (χ2v) is 21.1. The third kappa shape index (κ3) is 8.53. The molecule has 7 nitrogen and oxygen atoms in total. The number of rotatable bonds is 12. The van der Waals surface area contributed by atoms with Crippen LogP contribution < -0.4 is 15.1 Å². The van der Waals surface area contributed by atoms with Gasteiger partial charge in [-0.3, -0.25) is 4.79 Å². The van der Waals surface area contributed by atoms with E-state index >= 15 is 0 Å². The van der Waals surface area contributed by atoms with Crippen LogP contribution in [0.15, 0.2) is 78.9 Å². The molecule has 3 aromatic carbocycles. The van der Waals surface area contributed by atoms with E-state index in [-0.39, 0.29) is 41.0 Å². The summed E-state index contributed by atoms with van der Waals surface area (Å²) in [5.74, 6) is 0.876. The first-order valence-corrected chi connectivity index (χ1v) is 20.4. The average molecular weight is 798 g/mol. The Morgan fingerprint density at radius 1 is 0.878 bits per heavy atom. The molecule has 1 amide bonds. The van der Waals surface area contributed by atoms with Gasteiger partial charge in [0.2, 0.25) is 0 Å². The summed E-state index contributed by atoms with van der Waals surface area (Å²) in [7, 11) is -1.39. The van der Waals surface area contributed by atoms with Crippen molar-refractivity contribution in [3.63, 3.8) is 0 Å². The Morgan fingerprint density at radius 3 is 1.94 bits per heavy atom. The quantitative estimate of drug-likeness (QED) is 0.106. The summed E-state index contributed by atoms with van der Waals surface area (Å²) in [4.78, 5) is 27.4. The predicted molar refractivity (Wildman–Crippen MR) is 205 cm³/mol. The molecule has 0 radical (unpaired) electrons. The van der Waals surface area contributed by atoms with Crippen molar-refractivity contribution in [1.82, 2.24) is 4.90 Å². The number of halogens is 1. The molecule has 3 atom stereocenters. The van der Waals surface area contributed by atoms with Gasteiger partial charge in [0.25, 0.3) is 8.32 Å². The molecule has 0 N–H and O–H groups in total. The molecule has 0 unspecified atom stereocenters. The van der Waals surface area contributed by atoms with E-state index in [0.29, 0.717) is 25.6 Å². The van der Waals surface area contributed by atoms with Gasteiger partial charge in [0, 0.05) is 19.0 Å². The lowest BCUT2D eigenvalue weighted by Crippen LogP contribution is -2.68. The number of nitrogens with zero attached hydrogens (tertiary/aromatic N) is 1. The molecule has 2 fully saturated rings. The molecule has 0 aromatic heterocycles. The molecule has 0 bridgehead atoms. The lowest BCUT2D eigenvalue weighted by atomic mass is 9.83. The number of esters is 1. The fourth-order valence-corrected chi connectivity index (χ4v) is 12.2. The van der Waals surface area contributed by atoms with E-state index in [9.17, 15) is 9.59 Å². The van der Waals surface area contributed by atoms with Crippen LogP contribution in [0.25, 0.3) is 0 Å². The Hall–Kier alpha value is -2.89.